The molecule has 0 amide bonds. The van der Waals surface area contributed by atoms with Crippen molar-refractivity contribution >= 4 is 17.6 Å². The molecule has 18 heavy (non-hydrogen) atoms. The molecule has 0 saturated heterocycles. The highest BCUT2D eigenvalue weighted by Crippen LogP contribution is 2.11. The van der Waals surface area contributed by atoms with E-state index in [9.17, 15) is 4.79 Å². The molecule has 0 fully saturated rings. The summed E-state index contributed by atoms with van der Waals surface area (Å²) in [6.45, 7) is 3.91. The van der Waals surface area contributed by atoms with E-state index in [2.05, 4.69) is 25.6 Å². The number of H-pyrrole nitrogens is 1. The van der Waals surface area contributed by atoms with Gasteiger partial charge in [-0.15, -0.1) is 0 Å². The van der Waals surface area contributed by atoms with Gasteiger partial charge in [0, 0.05) is 11.7 Å². The van der Waals surface area contributed by atoms with E-state index < -0.39 is 5.69 Å². The molecule has 3 N–H and O–H groups in total. The van der Waals surface area contributed by atoms with Gasteiger partial charge in [-0.3, -0.25) is 4.98 Å². The van der Waals surface area contributed by atoms with Gasteiger partial charge in [0.05, 0.1) is 0 Å². The second kappa shape index (κ2) is 5.31. The standard InChI is InChI=1S/C12H15N5O/c1-8(2)13-10-15-11(17-12(18)16-10)14-9-6-4-3-5-7-9/h3-8H,1-2H3,(H3,13,14,15,16,17,18). The average molecular weight is 245 g/mol. The van der Waals surface area contributed by atoms with Crippen molar-refractivity contribution in [3.05, 3.63) is 40.8 Å². The first-order valence-corrected chi connectivity index (χ1v) is 5.70. The lowest BCUT2D eigenvalue weighted by Gasteiger charge is -2.09. The van der Waals surface area contributed by atoms with Crippen molar-refractivity contribution in [2.45, 2.75) is 19.9 Å². The van der Waals surface area contributed by atoms with Crippen molar-refractivity contribution in [3.63, 3.8) is 0 Å². The van der Waals surface area contributed by atoms with Crippen molar-refractivity contribution in [2.24, 2.45) is 0 Å². The number of nitrogens with zero attached hydrogens (tertiary/aromatic N) is 2. The fourth-order valence-corrected chi connectivity index (χ4v) is 1.42. The molecule has 1 aromatic carbocycles. The van der Waals surface area contributed by atoms with Crippen molar-refractivity contribution in [2.75, 3.05) is 10.6 Å². The highest BCUT2D eigenvalue weighted by Gasteiger charge is 2.04. The van der Waals surface area contributed by atoms with E-state index in [4.69, 9.17) is 0 Å². The third kappa shape index (κ3) is 3.31. The van der Waals surface area contributed by atoms with E-state index in [1.54, 1.807) is 0 Å². The van der Waals surface area contributed by atoms with E-state index in [1.807, 2.05) is 44.2 Å². The summed E-state index contributed by atoms with van der Waals surface area (Å²) in [6, 6.07) is 9.64. The minimum Gasteiger partial charge on any atom is -0.352 e. The van der Waals surface area contributed by atoms with E-state index >= 15 is 0 Å². The molecule has 1 aromatic heterocycles. The Morgan fingerprint density at radius 1 is 1.17 bits per heavy atom. The van der Waals surface area contributed by atoms with Gasteiger partial charge in [-0.05, 0) is 26.0 Å². The number of rotatable bonds is 4. The Balaban J connectivity index is 2.23. The maximum atomic E-state index is 11.4. The monoisotopic (exact) mass is 245 g/mol. The zero-order valence-corrected chi connectivity index (χ0v) is 10.3. The number of hydrogen-bond donors (Lipinski definition) is 3. The van der Waals surface area contributed by atoms with Gasteiger partial charge in [0.2, 0.25) is 11.9 Å². The molecule has 0 unspecified atom stereocenters. The summed E-state index contributed by atoms with van der Waals surface area (Å²) in [4.78, 5) is 21.9. The first-order chi connectivity index (χ1) is 8.63. The van der Waals surface area contributed by atoms with Crippen LogP contribution >= 0.6 is 0 Å². The zero-order valence-electron chi connectivity index (χ0n) is 10.3. The molecule has 0 bridgehead atoms. The molecular weight excluding hydrogens is 230 g/mol. The number of nitrogens with one attached hydrogen (secondary N) is 3. The van der Waals surface area contributed by atoms with Crippen LogP contribution in [0.3, 0.4) is 0 Å². The number of anilines is 3. The third-order valence-electron chi connectivity index (χ3n) is 2.10. The first-order valence-electron chi connectivity index (χ1n) is 5.70. The van der Waals surface area contributed by atoms with E-state index in [1.165, 1.54) is 0 Å². The second-order valence-corrected chi connectivity index (χ2v) is 4.12. The van der Waals surface area contributed by atoms with E-state index in [-0.39, 0.29) is 6.04 Å². The van der Waals surface area contributed by atoms with Gasteiger partial charge < -0.3 is 10.6 Å². The van der Waals surface area contributed by atoms with Crippen LogP contribution in [0.4, 0.5) is 17.6 Å². The SMILES string of the molecule is CC(C)Nc1nc(Nc2ccccc2)[nH]c(=O)n1. The van der Waals surface area contributed by atoms with Gasteiger partial charge >= 0.3 is 5.69 Å². The summed E-state index contributed by atoms with van der Waals surface area (Å²) in [6.07, 6.45) is 0. The van der Waals surface area contributed by atoms with Crippen molar-refractivity contribution in [1.82, 2.24) is 15.0 Å². The Bertz CT molecular complexity index is 564. The predicted octanol–water partition coefficient (Wildman–Crippen LogP) is 1.73. The summed E-state index contributed by atoms with van der Waals surface area (Å²) in [5, 5.41) is 6.00. The number of hydrogen-bond acceptors (Lipinski definition) is 5. The van der Waals surface area contributed by atoms with E-state index in [0.29, 0.717) is 11.9 Å². The number of benzene rings is 1. The van der Waals surface area contributed by atoms with Crippen molar-refractivity contribution in [1.29, 1.82) is 0 Å². The molecule has 2 aromatic rings. The third-order valence-corrected chi connectivity index (χ3v) is 2.10. The molecule has 94 valence electrons. The smallest absolute Gasteiger partial charge is 0.351 e. The molecule has 0 spiro atoms. The molecule has 0 aliphatic rings. The Morgan fingerprint density at radius 3 is 2.56 bits per heavy atom. The van der Waals surface area contributed by atoms with Crippen molar-refractivity contribution in [3.8, 4) is 0 Å². The fourth-order valence-electron chi connectivity index (χ4n) is 1.42. The highest BCUT2D eigenvalue weighted by molar-refractivity contribution is 5.53. The predicted molar refractivity (Wildman–Crippen MR) is 71.1 cm³/mol. The summed E-state index contributed by atoms with van der Waals surface area (Å²) >= 11 is 0. The van der Waals surface area contributed by atoms with Crippen LogP contribution in [0.2, 0.25) is 0 Å². The van der Waals surface area contributed by atoms with Gasteiger partial charge in [0.1, 0.15) is 0 Å². The van der Waals surface area contributed by atoms with Crippen LogP contribution < -0.4 is 16.3 Å². The largest absolute Gasteiger partial charge is 0.352 e. The van der Waals surface area contributed by atoms with Gasteiger partial charge in [-0.25, -0.2) is 4.79 Å². The highest BCUT2D eigenvalue weighted by atomic mass is 16.1. The maximum absolute atomic E-state index is 11.4. The Morgan fingerprint density at radius 2 is 1.89 bits per heavy atom. The Kier molecular flexibility index (Phi) is 3.57. The molecule has 6 nitrogen and oxygen atoms in total. The minimum atomic E-state index is -0.438. The van der Waals surface area contributed by atoms with Crippen LogP contribution in [0.15, 0.2) is 35.1 Å². The fraction of sp³-hybridized carbons (Fsp3) is 0.250. The summed E-state index contributed by atoms with van der Waals surface area (Å²) in [5.41, 5.74) is 0.411. The molecule has 0 atom stereocenters. The topological polar surface area (TPSA) is 82.7 Å². The van der Waals surface area contributed by atoms with Gasteiger partial charge in [0.15, 0.2) is 0 Å². The molecule has 0 aliphatic heterocycles. The van der Waals surface area contributed by atoms with Crippen LogP contribution in [-0.4, -0.2) is 21.0 Å². The Labute approximate surface area is 105 Å². The lowest BCUT2D eigenvalue weighted by molar-refractivity contribution is 0.860. The molecule has 0 radical (unpaired) electrons. The van der Waals surface area contributed by atoms with E-state index in [0.717, 1.165) is 5.69 Å². The van der Waals surface area contributed by atoms with Gasteiger partial charge in [-0.1, -0.05) is 18.2 Å². The van der Waals surface area contributed by atoms with Gasteiger partial charge in [0.25, 0.3) is 0 Å². The number of aromatic nitrogens is 3. The maximum Gasteiger partial charge on any atom is 0.351 e. The molecule has 1 heterocycles. The first kappa shape index (κ1) is 12.1. The minimum absolute atomic E-state index is 0.163. The second-order valence-electron chi connectivity index (χ2n) is 4.12. The van der Waals surface area contributed by atoms with Gasteiger partial charge in [-0.2, -0.15) is 9.97 Å². The summed E-state index contributed by atoms with van der Waals surface area (Å²) in [5.74, 6) is 0.677. The van der Waals surface area contributed by atoms with Crippen LogP contribution in [0.1, 0.15) is 13.8 Å². The molecule has 0 saturated carbocycles. The summed E-state index contributed by atoms with van der Waals surface area (Å²) < 4.78 is 0. The van der Waals surface area contributed by atoms with Crippen molar-refractivity contribution < 1.29 is 0 Å². The molecular formula is C12H15N5O. The zero-order chi connectivity index (χ0) is 13.0. The molecule has 6 heteroatoms. The quantitative estimate of drug-likeness (QED) is 0.764. The normalized spacial score (nSPS) is 10.4. The summed E-state index contributed by atoms with van der Waals surface area (Å²) in [7, 11) is 0. The molecule has 2 rings (SSSR count). The Hall–Kier alpha value is -2.37. The van der Waals surface area contributed by atoms with Crippen LogP contribution in [0.5, 0.6) is 0 Å². The van der Waals surface area contributed by atoms with Crippen LogP contribution in [0.25, 0.3) is 0 Å². The lowest BCUT2D eigenvalue weighted by Crippen LogP contribution is -2.20. The average Bonchev–Trinajstić information content (AvgIpc) is 2.28. The lowest BCUT2D eigenvalue weighted by atomic mass is 10.3. The molecule has 0 aliphatic carbocycles. The number of aromatic amines is 1. The van der Waals surface area contributed by atoms with Crippen LogP contribution in [-0.2, 0) is 0 Å². The van der Waals surface area contributed by atoms with Crippen LogP contribution in [0, 0.1) is 0 Å². The number of para-hydroxylation sites is 1.